The smallest absolute Gasteiger partial charge is 0.238 e. The van der Waals surface area contributed by atoms with Crippen molar-refractivity contribution < 1.29 is 14.6 Å². The number of aliphatic hydroxyl groups excluding tert-OH is 1. The highest BCUT2D eigenvalue weighted by Gasteiger charge is 2.25. The second-order valence-corrected chi connectivity index (χ2v) is 5.94. The summed E-state index contributed by atoms with van der Waals surface area (Å²) in [7, 11) is 0. The van der Waals surface area contributed by atoms with Gasteiger partial charge in [0.1, 0.15) is 0 Å². The van der Waals surface area contributed by atoms with Crippen molar-refractivity contribution in [1.82, 2.24) is 4.90 Å². The number of carbonyl (C=O) groups excluding carboxylic acids is 1. The van der Waals surface area contributed by atoms with E-state index in [-0.39, 0.29) is 31.3 Å². The van der Waals surface area contributed by atoms with E-state index in [0.29, 0.717) is 28.8 Å². The SMILES string of the molecule is CC1CN(CC(=O)Nc2ccc(Cl)c(Cl)c2)CC(CO)O1. The minimum atomic E-state index is -0.244. The number of amides is 1. The molecule has 1 amide bonds. The Hall–Kier alpha value is -0.850. The van der Waals surface area contributed by atoms with Crippen LogP contribution in [0.5, 0.6) is 0 Å². The highest BCUT2D eigenvalue weighted by molar-refractivity contribution is 6.42. The Morgan fingerprint density at radius 3 is 2.86 bits per heavy atom. The maximum absolute atomic E-state index is 12.0. The molecule has 1 aliphatic heterocycles. The van der Waals surface area contributed by atoms with E-state index in [9.17, 15) is 9.90 Å². The van der Waals surface area contributed by atoms with Gasteiger partial charge in [0.05, 0.1) is 35.4 Å². The zero-order chi connectivity index (χ0) is 15.4. The van der Waals surface area contributed by atoms with Crippen molar-refractivity contribution in [2.75, 3.05) is 31.6 Å². The zero-order valence-electron chi connectivity index (χ0n) is 11.7. The number of aliphatic hydroxyl groups is 1. The third-order valence-electron chi connectivity index (χ3n) is 3.18. The van der Waals surface area contributed by atoms with Gasteiger partial charge in [-0.3, -0.25) is 9.69 Å². The number of nitrogens with zero attached hydrogens (tertiary/aromatic N) is 1. The first-order chi connectivity index (χ1) is 9.97. The van der Waals surface area contributed by atoms with Crippen LogP contribution in [0.2, 0.25) is 10.0 Å². The van der Waals surface area contributed by atoms with Crippen LogP contribution < -0.4 is 5.32 Å². The Morgan fingerprint density at radius 2 is 2.19 bits per heavy atom. The van der Waals surface area contributed by atoms with Gasteiger partial charge in [-0.05, 0) is 25.1 Å². The summed E-state index contributed by atoms with van der Waals surface area (Å²) < 4.78 is 5.54. The van der Waals surface area contributed by atoms with Gasteiger partial charge < -0.3 is 15.2 Å². The Balaban J connectivity index is 1.90. The summed E-state index contributed by atoms with van der Waals surface area (Å²) >= 11 is 11.7. The van der Waals surface area contributed by atoms with Crippen molar-refractivity contribution in [2.45, 2.75) is 19.1 Å². The fourth-order valence-corrected chi connectivity index (χ4v) is 2.65. The van der Waals surface area contributed by atoms with Crippen LogP contribution in [0.15, 0.2) is 18.2 Å². The molecule has 1 aromatic rings. The number of hydrogen-bond acceptors (Lipinski definition) is 4. The Labute approximate surface area is 133 Å². The van der Waals surface area contributed by atoms with E-state index in [0.717, 1.165) is 0 Å². The minimum Gasteiger partial charge on any atom is -0.394 e. The minimum absolute atomic E-state index is 0.00586. The topological polar surface area (TPSA) is 61.8 Å². The first kappa shape index (κ1) is 16.5. The van der Waals surface area contributed by atoms with Crippen LogP contribution in [-0.4, -0.2) is 54.4 Å². The Morgan fingerprint density at radius 1 is 1.43 bits per heavy atom. The summed E-state index contributed by atoms with van der Waals surface area (Å²) in [4.78, 5) is 14.0. The van der Waals surface area contributed by atoms with Gasteiger partial charge in [0.25, 0.3) is 0 Å². The van der Waals surface area contributed by atoms with Crippen LogP contribution in [-0.2, 0) is 9.53 Å². The molecule has 2 atom stereocenters. The van der Waals surface area contributed by atoms with E-state index in [2.05, 4.69) is 5.32 Å². The largest absolute Gasteiger partial charge is 0.394 e. The van der Waals surface area contributed by atoms with Crippen molar-refractivity contribution in [3.8, 4) is 0 Å². The van der Waals surface area contributed by atoms with E-state index in [1.807, 2.05) is 11.8 Å². The molecule has 0 aliphatic carbocycles. The van der Waals surface area contributed by atoms with Gasteiger partial charge in [-0.15, -0.1) is 0 Å². The molecular weight excluding hydrogens is 315 g/mol. The van der Waals surface area contributed by atoms with Crippen LogP contribution in [0.25, 0.3) is 0 Å². The number of anilines is 1. The van der Waals surface area contributed by atoms with Crippen LogP contribution in [0, 0.1) is 0 Å². The molecule has 0 radical (unpaired) electrons. The Bertz CT molecular complexity index is 513. The number of hydrogen-bond donors (Lipinski definition) is 2. The summed E-state index contributed by atoms with van der Waals surface area (Å²) in [6.07, 6.45) is -0.250. The molecular formula is C14H18Cl2N2O3. The monoisotopic (exact) mass is 332 g/mol. The van der Waals surface area contributed by atoms with Gasteiger partial charge in [-0.25, -0.2) is 0 Å². The third-order valence-corrected chi connectivity index (χ3v) is 3.92. The molecule has 2 N–H and O–H groups in total. The maximum atomic E-state index is 12.0. The van der Waals surface area contributed by atoms with Crippen molar-refractivity contribution >= 4 is 34.8 Å². The van der Waals surface area contributed by atoms with Crippen LogP contribution in [0.1, 0.15) is 6.92 Å². The molecule has 1 fully saturated rings. The molecule has 1 aliphatic rings. The fraction of sp³-hybridized carbons (Fsp3) is 0.500. The van der Waals surface area contributed by atoms with Crippen molar-refractivity contribution in [1.29, 1.82) is 0 Å². The molecule has 21 heavy (non-hydrogen) atoms. The molecule has 1 aromatic carbocycles. The fourth-order valence-electron chi connectivity index (χ4n) is 2.35. The van der Waals surface area contributed by atoms with E-state index in [1.54, 1.807) is 18.2 Å². The molecule has 0 aromatic heterocycles. The number of halogens is 2. The number of ether oxygens (including phenoxy) is 1. The lowest BCUT2D eigenvalue weighted by atomic mass is 10.2. The van der Waals surface area contributed by atoms with E-state index in [1.165, 1.54) is 0 Å². The van der Waals surface area contributed by atoms with Crippen LogP contribution in [0.3, 0.4) is 0 Å². The molecule has 0 bridgehead atoms. The lowest BCUT2D eigenvalue weighted by Gasteiger charge is -2.35. The molecule has 1 heterocycles. The molecule has 0 saturated carbocycles. The van der Waals surface area contributed by atoms with Crippen LogP contribution >= 0.6 is 23.2 Å². The molecule has 5 nitrogen and oxygen atoms in total. The maximum Gasteiger partial charge on any atom is 0.238 e. The summed E-state index contributed by atoms with van der Waals surface area (Å²) in [5, 5.41) is 12.8. The van der Waals surface area contributed by atoms with Crippen LogP contribution in [0.4, 0.5) is 5.69 Å². The van der Waals surface area contributed by atoms with Gasteiger partial charge in [0.2, 0.25) is 5.91 Å². The standard InChI is InChI=1S/C14H18Cl2N2O3/c1-9-5-18(6-11(8-19)21-9)7-14(20)17-10-2-3-12(15)13(16)4-10/h2-4,9,11,19H,5-8H2,1H3,(H,17,20). The lowest BCUT2D eigenvalue weighted by molar-refractivity contribution is -0.124. The first-order valence-electron chi connectivity index (χ1n) is 6.71. The predicted molar refractivity (Wildman–Crippen MR) is 83.0 cm³/mol. The normalized spacial score (nSPS) is 23.0. The average molecular weight is 333 g/mol. The number of carbonyl (C=O) groups is 1. The Kier molecular flexibility index (Phi) is 5.84. The molecule has 7 heteroatoms. The molecule has 116 valence electrons. The van der Waals surface area contributed by atoms with Crippen molar-refractivity contribution in [3.05, 3.63) is 28.2 Å². The average Bonchev–Trinajstić information content (AvgIpc) is 2.42. The summed E-state index contributed by atoms with van der Waals surface area (Å²) in [5.74, 6) is -0.140. The van der Waals surface area contributed by atoms with Gasteiger partial charge in [0.15, 0.2) is 0 Å². The highest BCUT2D eigenvalue weighted by atomic mass is 35.5. The lowest BCUT2D eigenvalue weighted by Crippen LogP contribution is -2.50. The second-order valence-electron chi connectivity index (χ2n) is 5.12. The summed E-state index contributed by atoms with van der Waals surface area (Å²) in [5.41, 5.74) is 0.606. The van der Waals surface area contributed by atoms with Crippen molar-refractivity contribution in [3.63, 3.8) is 0 Å². The van der Waals surface area contributed by atoms with Gasteiger partial charge in [0, 0.05) is 18.8 Å². The third kappa shape index (κ3) is 4.83. The van der Waals surface area contributed by atoms with E-state index >= 15 is 0 Å². The number of morpholine rings is 1. The molecule has 2 rings (SSSR count). The van der Waals surface area contributed by atoms with Gasteiger partial charge in [-0.2, -0.15) is 0 Å². The van der Waals surface area contributed by atoms with E-state index in [4.69, 9.17) is 27.9 Å². The molecule has 2 unspecified atom stereocenters. The van der Waals surface area contributed by atoms with Crippen molar-refractivity contribution in [2.24, 2.45) is 0 Å². The molecule has 0 spiro atoms. The van der Waals surface area contributed by atoms with Gasteiger partial charge in [-0.1, -0.05) is 23.2 Å². The van der Waals surface area contributed by atoms with Gasteiger partial charge >= 0.3 is 0 Å². The van der Waals surface area contributed by atoms with E-state index < -0.39 is 0 Å². The summed E-state index contributed by atoms with van der Waals surface area (Å²) in [6.45, 7) is 3.31. The number of benzene rings is 1. The molecule has 1 saturated heterocycles. The quantitative estimate of drug-likeness (QED) is 0.885. The zero-order valence-corrected chi connectivity index (χ0v) is 13.2. The highest BCUT2D eigenvalue weighted by Crippen LogP contribution is 2.25. The number of nitrogens with one attached hydrogen (secondary N) is 1. The first-order valence-corrected chi connectivity index (χ1v) is 7.47. The predicted octanol–water partition coefficient (Wildman–Crippen LogP) is 2.01. The number of rotatable bonds is 4. The summed E-state index contributed by atoms with van der Waals surface area (Å²) in [6, 6.07) is 4.95. The second kappa shape index (κ2) is 7.42.